The molecule has 112 valence electrons. The van der Waals surface area contributed by atoms with Gasteiger partial charge < -0.3 is 10.1 Å². The maximum absolute atomic E-state index is 5.82. The Hall–Kier alpha value is -0.120. The van der Waals surface area contributed by atoms with E-state index in [1.165, 1.54) is 38.8 Å². The van der Waals surface area contributed by atoms with Gasteiger partial charge in [-0.3, -0.25) is 4.90 Å². The van der Waals surface area contributed by atoms with Crippen LogP contribution in [0.4, 0.5) is 0 Å². The molecule has 2 atom stereocenters. The van der Waals surface area contributed by atoms with Gasteiger partial charge in [0.05, 0.1) is 6.61 Å². The van der Waals surface area contributed by atoms with Gasteiger partial charge in [-0.25, -0.2) is 0 Å². The van der Waals surface area contributed by atoms with Crippen LogP contribution in [0, 0.1) is 11.3 Å². The third-order valence-corrected chi connectivity index (χ3v) is 4.69. The van der Waals surface area contributed by atoms with Crippen molar-refractivity contribution >= 4 is 0 Å². The molecular weight excluding hydrogens is 236 g/mol. The Balaban J connectivity index is 1.89. The van der Waals surface area contributed by atoms with Crippen LogP contribution in [0.25, 0.3) is 0 Å². The topological polar surface area (TPSA) is 24.5 Å². The van der Waals surface area contributed by atoms with Crippen molar-refractivity contribution in [2.75, 3.05) is 39.4 Å². The summed E-state index contributed by atoms with van der Waals surface area (Å²) in [6.07, 6.45) is 5.29. The third-order valence-electron chi connectivity index (χ3n) is 4.69. The summed E-state index contributed by atoms with van der Waals surface area (Å²) >= 11 is 0. The summed E-state index contributed by atoms with van der Waals surface area (Å²) in [6, 6.07) is 0.768. The van der Waals surface area contributed by atoms with E-state index in [9.17, 15) is 0 Å². The highest BCUT2D eigenvalue weighted by molar-refractivity contribution is 4.90. The van der Waals surface area contributed by atoms with E-state index in [-0.39, 0.29) is 0 Å². The van der Waals surface area contributed by atoms with E-state index in [1.807, 2.05) is 0 Å². The number of hydrogen-bond acceptors (Lipinski definition) is 3. The maximum atomic E-state index is 5.82. The number of hydrogen-bond donors (Lipinski definition) is 1. The van der Waals surface area contributed by atoms with Crippen LogP contribution in [0.2, 0.25) is 0 Å². The lowest BCUT2D eigenvalue weighted by atomic mass is 9.81. The molecule has 0 bridgehead atoms. The molecule has 0 spiro atoms. The summed E-state index contributed by atoms with van der Waals surface area (Å²) < 4.78 is 5.82. The van der Waals surface area contributed by atoms with Gasteiger partial charge in [-0.05, 0) is 51.6 Å². The minimum absolute atomic E-state index is 0.353. The highest BCUT2D eigenvalue weighted by Crippen LogP contribution is 2.31. The largest absolute Gasteiger partial charge is 0.381 e. The first-order valence-electron chi connectivity index (χ1n) is 8.14. The van der Waals surface area contributed by atoms with Crippen LogP contribution in [0.3, 0.4) is 0 Å². The molecule has 1 N–H and O–H groups in total. The molecule has 19 heavy (non-hydrogen) atoms. The SMILES string of the molecule is CC(C)CNCC1(CN2CCCC2C)CCCOC1. The monoisotopic (exact) mass is 268 g/mol. The molecule has 3 nitrogen and oxygen atoms in total. The van der Waals surface area contributed by atoms with Gasteiger partial charge in [-0.15, -0.1) is 0 Å². The predicted octanol–water partition coefficient (Wildman–Crippen LogP) is 2.51. The van der Waals surface area contributed by atoms with Crippen molar-refractivity contribution < 1.29 is 4.74 Å². The number of ether oxygens (including phenoxy) is 1. The van der Waals surface area contributed by atoms with Crippen molar-refractivity contribution in [3.8, 4) is 0 Å². The van der Waals surface area contributed by atoms with Crippen LogP contribution >= 0.6 is 0 Å². The van der Waals surface area contributed by atoms with Crippen LogP contribution < -0.4 is 5.32 Å². The summed E-state index contributed by atoms with van der Waals surface area (Å²) in [4.78, 5) is 2.69. The summed E-state index contributed by atoms with van der Waals surface area (Å²) in [5.74, 6) is 0.729. The fraction of sp³-hybridized carbons (Fsp3) is 1.00. The summed E-state index contributed by atoms with van der Waals surface area (Å²) in [5.41, 5.74) is 0.353. The molecule has 0 aliphatic carbocycles. The Morgan fingerprint density at radius 2 is 2.21 bits per heavy atom. The molecule has 2 fully saturated rings. The van der Waals surface area contributed by atoms with Gasteiger partial charge >= 0.3 is 0 Å². The summed E-state index contributed by atoms with van der Waals surface area (Å²) in [5, 5.41) is 3.68. The molecule has 0 saturated carbocycles. The second kappa shape index (κ2) is 7.05. The lowest BCUT2D eigenvalue weighted by Gasteiger charge is -2.41. The Bertz CT molecular complexity index is 261. The van der Waals surface area contributed by atoms with Gasteiger partial charge in [0.1, 0.15) is 0 Å². The van der Waals surface area contributed by atoms with Gasteiger partial charge in [0, 0.05) is 31.2 Å². The zero-order chi connectivity index (χ0) is 13.7. The van der Waals surface area contributed by atoms with Crippen molar-refractivity contribution in [2.24, 2.45) is 11.3 Å². The summed E-state index contributed by atoms with van der Waals surface area (Å²) in [7, 11) is 0. The zero-order valence-corrected chi connectivity index (χ0v) is 13.1. The Morgan fingerprint density at radius 1 is 1.37 bits per heavy atom. The highest BCUT2D eigenvalue weighted by Gasteiger charge is 2.36. The van der Waals surface area contributed by atoms with Crippen LogP contribution in [-0.4, -0.2) is 50.3 Å². The van der Waals surface area contributed by atoms with E-state index < -0.39 is 0 Å². The number of nitrogens with one attached hydrogen (secondary N) is 1. The van der Waals surface area contributed by atoms with Gasteiger partial charge in [0.15, 0.2) is 0 Å². The molecular formula is C16H32N2O. The van der Waals surface area contributed by atoms with Crippen LogP contribution in [-0.2, 0) is 4.74 Å². The third kappa shape index (κ3) is 4.44. The normalized spacial score (nSPS) is 33.2. The molecule has 0 radical (unpaired) electrons. The van der Waals surface area contributed by atoms with E-state index in [2.05, 4.69) is 31.0 Å². The van der Waals surface area contributed by atoms with Crippen LogP contribution in [0.15, 0.2) is 0 Å². The molecule has 2 aliphatic rings. The second-order valence-electron chi connectivity index (χ2n) is 7.14. The molecule has 0 aromatic carbocycles. The molecule has 3 heteroatoms. The smallest absolute Gasteiger partial charge is 0.0546 e. The van der Waals surface area contributed by atoms with Crippen LogP contribution in [0.1, 0.15) is 46.5 Å². The first kappa shape index (κ1) is 15.3. The molecule has 0 amide bonds. The average molecular weight is 268 g/mol. The van der Waals surface area contributed by atoms with Crippen molar-refractivity contribution in [1.82, 2.24) is 10.2 Å². The van der Waals surface area contributed by atoms with E-state index in [4.69, 9.17) is 4.74 Å². The minimum Gasteiger partial charge on any atom is -0.381 e. The number of likely N-dealkylation sites (tertiary alicyclic amines) is 1. The van der Waals surface area contributed by atoms with E-state index in [0.717, 1.165) is 38.3 Å². The molecule has 0 aromatic heterocycles. The van der Waals surface area contributed by atoms with E-state index in [1.54, 1.807) is 0 Å². The molecule has 0 aromatic rings. The van der Waals surface area contributed by atoms with Gasteiger partial charge in [-0.2, -0.15) is 0 Å². The maximum Gasteiger partial charge on any atom is 0.0546 e. The quantitative estimate of drug-likeness (QED) is 0.801. The molecule has 2 rings (SSSR count). The predicted molar refractivity (Wildman–Crippen MR) is 80.5 cm³/mol. The molecule has 2 heterocycles. The van der Waals surface area contributed by atoms with Crippen molar-refractivity contribution in [1.29, 1.82) is 0 Å². The fourth-order valence-corrected chi connectivity index (χ4v) is 3.51. The lowest BCUT2D eigenvalue weighted by molar-refractivity contribution is -0.0274. The zero-order valence-electron chi connectivity index (χ0n) is 13.1. The fourth-order valence-electron chi connectivity index (χ4n) is 3.51. The molecule has 2 unspecified atom stereocenters. The standard InChI is InChI=1S/C16H32N2O/c1-14(2)10-17-11-16(7-5-9-19-13-16)12-18-8-4-6-15(18)3/h14-15,17H,4-13H2,1-3H3. The number of rotatable bonds is 6. The first-order valence-corrected chi connectivity index (χ1v) is 8.14. The Morgan fingerprint density at radius 3 is 2.79 bits per heavy atom. The molecule has 2 aliphatic heterocycles. The van der Waals surface area contributed by atoms with Gasteiger partial charge in [0.25, 0.3) is 0 Å². The second-order valence-corrected chi connectivity index (χ2v) is 7.14. The van der Waals surface area contributed by atoms with Gasteiger partial charge in [0.2, 0.25) is 0 Å². The average Bonchev–Trinajstić information content (AvgIpc) is 2.75. The first-order chi connectivity index (χ1) is 9.11. The van der Waals surface area contributed by atoms with E-state index >= 15 is 0 Å². The van der Waals surface area contributed by atoms with Crippen molar-refractivity contribution in [3.05, 3.63) is 0 Å². The number of nitrogens with zero attached hydrogens (tertiary/aromatic N) is 1. The van der Waals surface area contributed by atoms with E-state index in [0.29, 0.717) is 5.41 Å². The van der Waals surface area contributed by atoms with Crippen molar-refractivity contribution in [3.63, 3.8) is 0 Å². The summed E-state index contributed by atoms with van der Waals surface area (Å²) in [6.45, 7) is 13.6. The Labute approximate surface area is 119 Å². The lowest BCUT2D eigenvalue weighted by Crippen LogP contribution is -2.50. The van der Waals surface area contributed by atoms with Crippen LogP contribution in [0.5, 0.6) is 0 Å². The Kier molecular flexibility index (Phi) is 5.67. The van der Waals surface area contributed by atoms with Crippen molar-refractivity contribution in [2.45, 2.75) is 52.5 Å². The highest BCUT2D eigenvalue weighted by atomic mass is 16.5. The molecule has 2 saturated heterocycles. The van der Waals surface area contributed by atoms with Gasteiger partial charge in [-0.1, -0.05) is 13.8 Å². The minimum atomic E-state index is 0.353.